The predicted molar refractivity (Wildman–Crippen MR) is 65.5 cm³/mol. The van der Waals surface area contributed by atoms with Crippen molar-refractivity contribution in [2.24, 2.45) is 0 Å². The SMILES string of the molecule is C[C](CCC1OCCCO1)Oc1ccccc1. The van der Waals surface area contributed by atoms with Crippen LogP contribution in [0.5, 0.6) is 5.75 Å². The van der Waals surface area contributed by atoms with Crippen molar-refractivity contribution >= 4 is 0 Å². The highest BCUT2D eigenvalue weighted by Crippen LogP contribution is 2.20. The Morgan fingerprint density at radius 2 is 1.94 bits per heavy atom. The average Bonchev–Trinajstić information content (AvgIpc) is 2.39. The van der Waals surface area contributed by atoms with E-state index in [9.17, 15) is 0 Å². The molecule has 93 valence electrons. The van der Waals surface area contributed by atoms with Gasteiger partial charge in [-0.25, -0.2) is 0 Å². The van der Waals surface area contributed by atoms with Crippen molar-refractivity contribution in [3.05, 3.63) is 36.4 Å². The molecule has 0 bridgehead atoms. The Balaban J connectivity index is 1.68. The lowest BCUT2D eigenvalue weighted by atomic mass is 10.2. The topological polar surface area (TPSA) is 27.7 Å². The van der Waals surface area contributed by atoms with E-state index >= 15 is 0 Å². The molecule has 0 aliphatic carbocycles. The second-order valence-corrected chi connectivity index (χ2v) is 4.18. The zero-order chi connectivity index (χ0) is 11.9. The molecular formula is C14H19O3. The van der Waals surface area contributed by atoms with Gasteiger partial charge in [0.15, 0.2) is 6.29 Å². The zero-order valence-electron chi connectivity index (χ0n) is 10.2. The maximum atomic E-state index is 5.71. The molecule has 0 atom stereocenters. The highest BCUT2D eigenvalue weighted by atomic mass is 16.7. The Hall–Kier alpha value is -1.06. The Morgan fingerprint density at radius 3 is 2.65 bits per heavy atom. The summed E-state index contributed by atoms with van der Waals surface area (Å²) >= 11 is 0. The molecule has 2 rings (SSSR count). The molecule has 0 amide bonds. The summed E-state index contributed by atoms with van der Waals surface area (Å²) in [5.41, 5.74) is 0. The second kappa shape index (κ2) is 6.62. The van der Waals surface area contributed by atoms with Gasteiger partial charge in [0.2, 0.25) is 0 Å². The summed E-state index contributed by atoms with van der Waals surface area (Å²) in [6.07, 6.45) is 3.66. The van der Waals surface area contributed by atoms with E-state index in [0.717, 1.165) is 44.3 Å². The first kappa shape index (κ1) is 12.4. The largest absolute Gasteiger partial charge is 0.483 e. The smallest absolute Gasteiger partial charge is 0.157 e. The molecule has 0 aromatic heterocycles. The highest BCUT2D eigenvalue weighted by molar-refractivity contribution is 5.22. The Bertz CT molecular complexity index is 307. The molecule has 0 spiro atoms. The first-order valence-corrected chi connectivity index (χ1v) is 6.13. The minimum absolute atomic E-state index is 0.0573. The molecule has 17 heavy (non-hydrogen) atoms. The lowest BCUT2D eigenvalue weighted by Crippen LogP contribution is -2.25. The van der Waals surface area contributed by atoms with Crippen LogP contribution >= 0.6 is 0 Å². The number of para-hydroxylation sites is 1. The summed E-state index contributed by atoms with van der Waals surface area (Å²) in [5.74, 6) is 0.885. The van der Waals surface area contributed by atoms with E-state index in [4.69, 9.17) is 14.2 Å². The van der Waals surface area contributed by atoms with E-state index in [1.54, 1.807) is 0 Å². The molecule has 1 heterocycles. The Labute approximate surface area is 103 Å². The van der Waals surface area contributed by atoms with Crippen LogP contribution in [-0.4, -0.2) is 19.5 Å². The minimum Gasteiger partial charge on any atom is -0.483 e. The summed E-state index contributed by atoms with van der Waals surface area (Å²) in [6.45, 7) is 3.61. The van der Waals surface area contributed by atoms with E-state index < -0.39 is 0 Å². The van der Waals surface area contributed by atoms with Gasteiger partial charge in [0, 0.05) is 6.42 Å². The first-order chi connectivity index (χ1) is 8.34. The summed E-state index contributed by atoms with van der Waals surface area (Å²) in [5, 5.41) is 0. The number of benzene rings is 1. The fourth-order valence-corrected chi connectivity index (χ4v) is 1.77. The Morgan fingerprint density at radius 1 is 1.24 bits per heavy atom. The van der Waals surface area contributed by atoms with Crippen molar-refractivity contribution in [1.29, 1.82) is 0 Å². The molecule has 1 aromatic rings. The van der Waals surface area contributed by atoms with Crippen LogP contribution in [0.4, 0.5) is 0 Å². The van der Waals surface area contributed by atoms with E-state index in [-0.39, 0.29) is 6.29 Å². The summed E-state index contributed by atoms with van der Waals surface area (Å²) in [6, 6.07) is 9.83. The van der Waals surface area contributed by atoms with Crippen molar-refractivity contribution in [2.75, 3.05) is 13.2 Å². The van der Waals surface area contributed by atoms with Crippen LogP contribution in [-0.2, 0) is 9.47 Å². The summed E-state index contributed by atoms with van der Waals surface area (Å²) in [7, 11) is 0. The molecule has 1 aliphatic rings. The van der Waals surface area contributed by atoms with Crippen LogP contribution < -0.4 is 4.74 Å². The zero-order valence-corrected chi connectivity index (χ0v) is 10.2. The third-order valence-corrected chi connectivity index (χ3v) is 2.66. The molecule has 3 heteroatoms. The number of hydrogen-bond acceptors (Lipinski definition) is 3. The highest BCUT2D eigenvalue weighted by Gasteiger charge is 2.16. The van der Waals surface area contributed by atoms with Crippen molar-refractivity contribution in [1.82, 2.24) is 0 Å². The second-order valence-electron chi connectivity index (χ2n) is 4.18. The van der Waals surface area contributed by atoms with Gasteiger partial charge in [-0.2, -0.15) is 0 Å². The van der Waals surface area contributed by atoms with E-state index in [2.05, 4.69) is 0 Å². The molecule has 1 aliphatic heterocycles. The monoisotopic (exact) mass is 235 g/mol. The average molecular weight is 235 g/mol. The molecule has 0 N–H and O–H groups in total. The van der Waals surface area contributed by atoms with E-state index in [1.807, 2.05) is 37.3 Å². The lowest BCUT2D eigenvalue weighted by molar-refractivity contribution is -0.181. The molecular weight excluding hydrogens is 216 g/mol. The van der Waals surface area contributed by atoms with Crippen LogP contribution in [0, 0.1) is 6.10 Å². The fraction of sp³-hybridized carbons (Fsp3) is 0.500. The van der Waals surface area contributed by atoms with Crippen LogP contribution in [0.2, 0.25) is 0 Å². The van der Waals surface area contributed by atoms with E-state index in [1.165, 1.54) is 0 Å². The number of hydrogen-bond donors (Lipinski definition) is 0. The maximum absolute atomic E-state index is 5.71. The fourth-order valence-electron chi connectivity index (χ4n) is 1.77. The third-order valence-electron chi connectivity index (χ3n) is 2.66. The summed E-state index contributed by atoms with van der Waals surface area (Å²) < 4.78 is 16.7. The van der Waals surface area contributed by atoms with Gasteiger partial charge in [-0.3, -0.25) is 0 Å². The number of rotatable bonds is 5. The van der Waals surface area contributed by atoms with Gasteiger partial charge in [-0.05, 0) is 31.9 Å². The van der Waals surface area contributed by atoms with Crippen molar-refractivity contribution in [3.63, 3.8) is 0 Å². The maximum Gasteiger partial charge on any atom is 0.157 e. The van der Waals surface area contributed by atoms with Gasteiger partial charge in [0.1, 0.15) is 11.9 Å². The summed E-state index contributed by atoms with van der Waals surface area (Å²) in [4.78, 5) is 0. The van der Waals surface area contributed by atoms with Crippen LogP contribution in [0.25, 0.3) is 0 Å². The van der Waals surface area contributed by atoms with Crippen LogP contribution in [0.15, 0.2) is 30.3 Å². The van der Waals surface area contributed by atoms with Gasteiger partial charge in [0.05, 0.1) is 13.2 Å². The molecule has 3 nitrogen and oxygen atoms in total. The minimum atomic E-state index is -0.0573. The van der Waals surface area contributed by atoms with Gasteiger partial charge >= 0.3 is 0 Å². The van der Waals surface area contributed by atoms with Crippen molar-refractivity contribution in [3.8, 4) is 5.75 Å². The van der Waals surface area contributed by atoms with Crippen LogP contribution in [0.3, 0.4) is 0 Å². The van der Waals surface area contributed by atoms with Crippen molar-refractivity contribution in [2.45, 2.75) is 32.5 Å². The standard InChI is InChI=1S/C14H19O3/c1-12(17-13-6-3-2-4-7-13)8-9-14-15-10-5-11-16-14/h2-4,6-7,14H,5,8-11H2,1H3. The molecule has 0 unspecified atom stereocenters. The molecule has 0 saturated carbocycles. The van der Waals surface area contributed by atoms with Crippen LogP contribution in [0.1, 0.15) is 26.2 Å². The third kappa shape index (κ3) is 4.36. The van der Waals surface area contributed by atoms with Crippen molar-refractivity contribution < 1.29 is 14.2 Å². The predicted octanol–water partition coefficient (Wildman–Crippen LogP) is 3.16. The first-order valence-electron chi connectivity index (χ1n) is 6.13. The molecule has 1 radical (unpaired) electrons. The Kier molecular flexibility index (Phi) is 4.83. The van der Waals surface area contributed by atoms with Gasteiger partial charge < -0.3 is 14.2 Å². The van der Waals surface area contributed by atoms with Gasteiger partial charge in [-0.1, -0.05) is 18.2 Å². The molecule has 1 fully saturated rings. The van der Waals surface area contributed by atoms with Gasteiger partial charge in [0.25, 0.3) is 0 Å². The normalized spacial score (nSPS) is 17.3. The van der Waals surface area contributed by atoms with Gasteiger partial charge in [-0.15, -0.1) is 0 Å². The van der Waals surface area contributed by atoms with E-state index in [0.29, 0.717) is 0 Å². The molecule has 1 aromatic carbocycles. The lowest BCUT2D eigenvalue weighted by Gasteiger charge is -2.24. The number of ether oxygens (including phenoxy) is 3. The molecule has 1 saturated heterocycles. The quantitative estimate of drug-likeness (QED) is 0.784.